The Kier molecular flexibility index (Phi) is 3.34. The predicted molar refractivity (Wildman–Crippen MR) is 76.8 cm³/mol. The van der Waals surface area contributed by atoms with Gasteiger partial charge in [-0.1, -0.05) is 11.6 Å². The van der Waals surface area contributed by atoms with E-state index < -0.39 is 0 Å². The average Bonchev–Trinajstić information content (AvgIpc) is 2.82. The Morgan fingerprint density at radius 1 is 1.38 bits per heavy atom. The van der Waals surface area contributed by atoms with Crippen LogP contribution in [0.2, 0.25) is 5.15 Å². The van der Waals surface area contributed by atoms with E-state index in [0.29, 0.717) is 22.3 Å². The molecule has 21 heavy (non-hydrogen) atoms. The summed E-state index contributed by atoms with van der Waals surface area (Å²) in [5.74, 6) is 0.267. The van der Waals surface area contributed by atoms with Crippen LogP contribution in [0.5, 0.6) is 5.75 Å². The number of fused-ring (bicyclic) bond motifs is 1. The van der Waals surface area contributed by atoms with Crippen LogP contribution in [0.15, 0.2) is 24.4 Å². The number of rotatable bonds is 3. The predicted octanol–water partition coefficient (Wildman–Crippen LogP) is 2.26. The Morgan fingerprint density at radius 3 is 2.95 bits per heavy atom. The zero-order valence-corrected chi connectivity index (χ0v) is 11.8. The molecule has 0 amide bonds. The summed E-state index contributed by atoms with van der Waals surface area (Å²) in [6.45, 7) is 0.275. The Labute approximate surface area is 124 Å². The molecule has 2 N–H and O–H groups in total. The van der Waals surface area contributed by atoms with Crippen LogP contribution in [0.4, 0.5) is 10.3 Å². The first kappa shape index (κ1) is 13.6. The highest BCUT2D eigenvalue weighted by atomic mass is 35.5. The van der Waals surface area contributed by atoms with Gasteiger partial charge in [-0.2, -0.15) is 10.1 Å². The minimum absolute atomic E-state index is 0.0560. The minimum atomic E-state index is -0.352. The molecule has 0 atom stereocenters. The van der Waals surface area contributed by atoms with Gasteiger partial charge in [0, 0.05) is 5.56 Å². The molecule has 0 bridgehead atoms. The highest BCUT2D eigenvalue weighted by molar-refractivity contribution is 6.34. The van der Waals surface area contributed by atoms with E-state index in [0.717, 1.165) is 0 Å². The molecule has 1 aromatic carbocycles. The number of hydrogen-bond acceptors (Lipinski definition) is 5. The van der Waals surface area contributed by atoms with Crippen LogP contribution in [0, 0.1) is 5.82 Å². The second kappa shape index (κ2) is 5.17. The number of nitrogens with two attached hydrogens (primary N) is 1. The lowest BCUT2D eigenvalue weighted by molar-refractivity contribution is 0.406. The molecule has 0 unspecified atom stereocenters. The summed E-state index contributed by atoms with van der Waals surface area (Å²) in [4.78, 5) is 7.98. The van der Waals surface area contributed by atoms with Gasteiger partial charge in [-0.05, 0) is 18.2 Å². The Balaban J connectivity index is 2.08. The maximum atomic E-state index is 13.4. The molecule has 2 aromatic heterocycles. The lowest BCUT2D eigenvalue weighted by Crippen LogP contribution is -2.06. The maximum Gasteiger partial charge on any atom is 0.223 e. The van der Waals surface area contributed by atoms with Gasteiger partial charge in [0.25, 0.3) is 0 Å². The SMILES string of the molecule is COc1ccc(F)cc1Cn1ncc2c(Cl)nc(N)nc21. The summed E-state index contributed by atoms with van der Waals surface area (Å²) < 4.78 is 20.2. The standard InChI is InChI=1S/C13H11ClFN5O/c1-21-10-3-2-8(15)4-7(10)6-20-12-9(5-17-20)11(14)18-13(16)19-12/h2-5H,6H2,1H3,(H2,16,18,19). The highest BCUT2D eigenvalue weighted by Gasteiger charge is 2.13. The molecule has 0 radical (unpaired) electrons. The number of hydrogen-bond donors (Lipinski definition) is 1. The molecule has 0 aliphatic rings. The fraction of sp³-hybridized carbons (Fsp3) is 0.154. The van der Waals surface area contributed by atoms with Gasteiger partial charge >= 0.3 is 0 Å². The fourth-order valence-corrected chi connectivity index (χ4v) is 2.30. The second-order valence-electron chi connectivity index (χ2n) is 4.37. The molecule has 0 aliphatic heterocycles. The lowest BCUT2D eigenvalue weighted by atomic mass is 10.2. The molecule has 3 aromatic rings. The van der Waals surface area contributed by atoms with E-state index in [9.17, 15) is 4.39 Å². The molecule has 0 saturated heterocycles. The monoisotopic (exact) mass is 307 g/mol. The third kappa shape index (κ3) is 2.47. The first-order valence-electron chi connectivity index (χ1n) is 6.05. The van der Waals surface area contributed by atoms with Crippen molar-refractivity contribution in [1.82, 2.24) is 19.7 Å². The summed E-state index contributed by atoms with van der Waals surface area (Å²) in [7, 11) is 1.52. The van der Waals surface area contributed by atoms with Crippen molar-refractivity contribution in [2.45, 2.75) is 6.54 Å². The largest absolute Gasteiger partial charge is 0.496 e. The lowest BCUT2D eigenvalue weighted by Gasteiger charge is -2.09. The zero-order chi connectivity index (χ0) is 15.0. The maximum absolute atomic E-state index is 13.4. The van der Waals surface area contributed by atoms with Crippen molar-refractivity contribution < 1.29 is 9.13 Å². The van der Waals surface area contributed by atoms with Crippen molar-refractivity contribution in [3.05, 3.63) is 40.9 Å². The topological polar surface area (TPSA) is 78.8 Å². The number of nitrogens with zero attached hydrogens (tertiary/aromatic N) is 4. The molecule has 0 saturated carbocycles. The summed E-state index contributed by atoms with van der Waals surface area (Å²) in [6, 6.07) is 4.28. The van der Waals surface area contributed by atoms with E-state index in [1.165, 1.54) is 19.2 Å². The Hall–Kier alpha value is -2.41. The quantitative estimate of drug-likeness (QED) is 0.751. The molecule has 6 nitrogen and oxygen atoms in total. The van der Waals surface area contributed by atoms with Crippen molar-refractivity contribution in [3.63, 3.8) is 0 Å². The number of aromatic nitrogens is 4. The molecule has 0 fully saturated rings. The van der Waals surface area contributed by atoms with Gasteiger partial charge in [0.1, 0.15) is 16.7 Å². The van der Waals surface area contributed by atoms with Crippen molar-refractivity contribution in [2.24, 2.45) is 0 Å². The number of methoxy groups -OCH3 is 1. The second-order valence-corrected chi connectivity index (χ2v) is 4.73. The number of anilines is 1. The van der Waals surface area contributed by atoms with Gasteiger partial charge in [-0.25, -0.2) is 14.1 Å². The molecular weight excluding hydrogens is 297 g/mol. The van der Waals surface area contributed by atoms with Gasteiger partial charge in [0.15, 0.2) is 5.65 Å². The van der Waals surface area contributed by atoms with E-state index in [1.807, 2.05) is 0 Å². The smallest absolute Gasteiger partial charge is 0.223 e. The van der Waals surface area contributed by atoms with Crippen LogP contribution in [0.3, 0.4) is 0 Å². The molecule has 2 heterocycles. The van der Waals surface area contributed by atoms with E-state index in [2.05, 4.69) is 15.1 Å². The minimum Gasteiger partial charge on any atom is -0.496 e. The third-order valence-corrected chi connectivity index (χ3v) is 3.32. The fourth-order valence-electron chi connectivity index (χ4n) is 2.08. The zero-order valence-electron chi connectivity index (χ0n) is 11.0. The van der Waals surface area contributed by atoms with E-state index in [4.69, 9.17) is 22.1 Å². The molecule has 8 heteroatoms. The normalized spacial score (nSPS) is 11.0. The number of benzene rings is 1. The van der Waals surface area contributed by atoms with Crippen molar-refractivity contribution >= 4 is 28.6 Å². The summed E-state index contributed by atoms with van der Waals surface area (Å²) in [6.07, 6.45) is 1.54. The van der Waals surface area contributed by atoms with Crippen LogP contribution in [-0.4, -0.2) is 26.9 Å². The van der Waals surface area contributed by atoms with Crippen molar-refractivity contribution in [2.75, 3.05) is 12.8 Å². The third-order valence-electron chi connectivity index (χ3n) is 3.03. The van der Waals surface area contributed by atoms with Crippen molar-refractivity contribution in [1.29, 1.82) is 0 Å². The molecule has 3 rings (SSSR count). The number of nitrogen functional groups attached to an aromatic ring is 1. The summed E-state index contributed by atoms with van der Waals surface area (Å²) >= 11 is 5.99. The molecule has 108 valence electrons. The van der Waals surface area contributed by atoms with Crippen LogP contribution < -0.4 is 10.5 Å². The van der Waals surface area contributed by atoms with Gasteiger partial charge in [0.05, 0.1) is 25.2 Å². The van der Waals surface area contributed by atoms with E-state index >= 15 is 0 Å². The number of halogens is 2. The molecular formula is C13H11ClFN5O. The summed E-state index contributed by atoms with van der Waals surface area (Å²) in [5.41, 5.74) is 6.71. The average molecular weight is 308 g/mol. The van der Waals surface area contributed by atoms with E-state index in [1.54, 1.807) is 16.9 Å². The van der Waals surface area contributed by atoms with Crippen LogP contribution >= 0.6 is 11.6 Å². The number of ether oxygens (including phenoxy) is 1. The first-order valence-corrected chi connectivity index (χ1v) is 6.43. The van der Waals surface area contributed by atoms with Gasteiger partial charge in [-0.3, -0.25) is 0 Å². The first-order chi connectivity index (χ1) is 10.1. The summed E-state index contributed by atoms with van der Waals surface area (Å²) in [5, 5.41) is 5.01. The molecule has 0 spiro atoms. The van der Waals surface area contributed by atoms with Crippen LogP contribution in [0.25, 0.3) is 11.0 Å². The Bertz CT molecular complexity index is 820. The van der Waals surface area contributed by atoms with Crippen molar-refractivity contribution in [3.8, 4) is 5.75 Å². The van der Waals surface area contributed by atoms with Gasteiger partial charge < -0.3 is 10.5 Å². The van der Waals surface area contributed by atoms with E-state index in [-0.39, 0.29) is 23.5 Å². The molecule has 0 aliphatic carbocycles. The van der Waals surface area contributed by atoms with Crippen LogP contribution in [-0.2, 0) is 6.54 Å². The highest BCUT2D eigenvalue weighted by Crippen LogP contribution is 2.24. The van der Waals surface area contributed by atoms with Gasteiger partial charge in [0.2, 0.25) is 5.95 Å². The van der Waals surface area contributed by atoms with Gasteiger partial charge in [-0.15, -0.1) is 0 Å². The van der Waals surface area contributed by atoms with Crippen LogP contribution in [0.1, 0.15) is 5.56 Å². The Morgan fingerprint density at radius 2 is 2.19 bits per heavy atom.